The van der Waals surface area contributed by atoms with Crippen molar-refractivity contribution in [1.29, 1.82) is 5.26 Å². The Kier molecular flexibility index (Phi) is 4.98. The summed E-state index contributed by atoms with van der Waals surface area (Å²) < 4.78 is 2.14. The van der Waals surface area contributed by atoms with Crippen LogP contribution in [0.4, 0.5) is 0 Å². The van der Waals surface area contributed by atoms with E-state index in [0.717, 1.165) is 18.8 Å². The Morgan fingerprint density at radius 3 is 2.84 bits per heavy atom. The van der Waals surface area contributed by atoms with Gasteiger partial charge in [-0.15, -0.1) is 0 Å². The van der Waals surface area contributed by atoms with Gasteiger partial charge in [-0.25, -0.2) is 0 Å². The molecule has 4 heteroatoms. The number of rotatable bonds is 6. The minimum atomic E-state index is 0.449. The SMILES string of the molecule is CC(C)N(CCC#N)Cc1ccn(C2CCCC2)n1. The van der Waals surface area contributed by atoms with Gasteiger partial charge in [0.15, 0.2) is 0 Å². The Balaban J connectivity index is 1.95. The summed E-state index contributed by atoms with van der Waals surface area (Å²) in [5, 5.41) is 13.4. The number of aromatic nitrogens is 2. The largest absolute Gasteiger partial charge is 0.294 e. The predicted molar refractivity (Wildman–Crippen MR) is 75.5 cm³/mol. The van der Waals surface area contributed by atoms with Crippen LogP contribution in [0, 0.1) is 11.3 Å². The van der Waals surface area contributed by atoms with E-state index in [0.29, 0.717) is 18.5 Å². The molecular weight excluding hydrogens is 236 g/mol. The van der Waals surface area contributed by atoms with Crippen LogP contribution in [-0.2, 0) is 6.54 Å². The normalized spacial score (nSPS) is 16.4. The number of nitriles is 1. The summed E-state index contributed by atoms with van der Waals surface area (Å²) in [4.78, 5) is 2.31. The maximum atomic E-state index is 8.71. The summed E-state index contributed by atoms with van der Waals surface area (Å²) >= 11 is 0. The lowest BCUT2D eigenvalue weighted by Gasteiger charge is -2.24. The zero-order valence-corrected chi connectivity index (χ0v) is 12.0. The Morgan fingerprint density at radius 1 is 1.47 bits per heavy atom. The van der Waals surface area contributed by atoms with Crippen molar-refractivity contribution >= 4 is 0 Å². The van der Waals surface area contributed by atoms with E-state index in [9.17, 15) is 0 Å². The number of nitrogens with zero attached hydrogens (tertiary/aromatic N) is 4. The molecular formula is C15H24N4. The van der Waals surface area contributed by atoms with Crippen LogP contribution in [0.1, 0.15) is 57.7 Å². The molecule has 0 radical (unpaired) electrons. The molecule has 1 fully saturated rings. The molecule has 1 aliphatic carbocycles. The summed E-state index contributed by atoms with van der Waals surface area (Å²) in [6, 6.07) is 5.41. The van der Waals surface area contributed by atoms with Crippen LogP contribution in [0.25, 0.3) is 0 Å². The van der Waals surface area contributed by atoms with Crippen LogP contribution in [0.15, 0.2) is 12.3 Å². The van der Waals surface area contributed by atoms with Gasteiger partial charge in [-0.1, -0.05) is 12.8 Å². The minimum Gasteiger partial charge on any atom is -0.294 e. The van der Waals surface area contributed by atoms with Gasteiger partial charge in [-0.2, -0.15) is 10.4 Å². The molecule has 2 rings (SSSR count). The van der Waals surface area contributed by atoms with E-state index in [1.54, 1.807) is 0 Å². The Morgan fingerprint density at radius 2 is 2.21 bits per heavy atom. The van der Waals surface area contributed by atoms with Gasteiger partial charge in [0.25, 0.3) is 0 Å². The average Bonchev–Trinajstić information content (AvgIpc) is 3.04. The van der Waals surface area contributed by atoms with Crippen molar-refractivity contribution in [1.82, 2.24) is 14.7 Å². The highest BCUT2D eigenvalue weighted by Gasteiger charge is 2.18. The molecule has 0 spiro atoms. The van der Waals surface area contributed by atoms with E-state index in [1.807, 2.05) is 0 Å². The molecule has 1 heterocycles. The molecule has 0 unspecified atom stereocenters. The van der Waals surface area contributed by atoms with E-state index in [1.165, 1.54) is 25.7 Å². The minimum absolute atomic E-state index is 0.449. The van der Waals surface area contributed by atoms with Crippen LogP contribution in [-0.4, -0.2) is 27.3 Å². The van der Waals surface area contributed by atoms with Gasteiger partial charge in [-0.05, 0) is 32.8 Å². The molecule has 0 atom stereocenters. The molecule has 19 heavy (non-hydrogen) atoms. The maximum Gasteiger partial charge on any atom is 0.0765 e. The molecule has 0 amide bonds. The molecule has 1 aliphatic rings. The van der Waals surface area contributed by atoms with Crippen molar-refractivity contribution in [2.45, 2.75) is 64.6 Å². The van der Waals surface area contributed by atoms with Gasteiger partial charge in [0.05, 0.1) is 17.8 Å². The third-order valence-corrected chi connectivity index (χ3v) is 3.97. The monoisotopic (exact) mass is 260 g/mol. The van der Waals surface area contributed by atoms with E-state index < -0.39 is 0 Å². The van der Waals surface area contributed by atoms with E-state index in [2.05, 4.69) is 41.8 Å². The van der Waals surface area contributed by atoms with Crippen molar-refractivity contribution in [3.8, 4) is 6.07 Å². The lowest BCUT2D eigenvalue weighted by atomic mass is 10.2. The van der Waals surface area contributed by atoms with Gasteiger partial charge in [-0.3, -0.25) is 9.58 Å². The average molecular weight is 260 g/mol. The van der Waals surface area contributed by atoms with Gasteiger partial charge in [0.1, 0.15) is 0 Å². The molecule has 0 aromatic carbocycles. The zero-order chi connectivity index (χ0) is 13.7. The molecule has 0 saturated heterocycles. The fourth-order valence-electron chi connectivity index (χ4n) is 2.76. The number of hydrogen-bond acceptors (Lipinski definition) is 3. The van der Waals surface area contributed by atoms with Gasteiger partial charge < -0.3 is 0 Å². The second-order valence-electron chi connectivity index (χ2n) is 5.70. The van der Waals surface area contributed by atoms with Crippen molar-refractivity contribution in [2.75, 3.05) is 6.54 Å². The first kappa shape index (κ1) is 14.1. The summed E-state index contributed by atoms with van der Waals surface area (Å²) in [6.45, 7) is 6.01. The van der Waals surface area contributed by atoms with Crippen molar-refractivity contribution < 1.29 is 0 Å². The molecule has 0 aliphatic heterocycles. The third-order valence-electron chi connectivity index (χ3n) is 3.97. The van der Waals surface area contributed by atoms with Crippen LogP contribution in [0.2, 0.25) is 0 Å². The van der Waals surface area contributed by atoms with Crippen LogP contribution in [0.3, 0.4) is 0 Å². The van der Waals surface area contributed by atoms with Gasteiger partial charge in [0, 0.05) is 31.7 Å². The Labute approximate surface area is 116 Å². The van der Waals surface area contributed by atoms with Crippen molar-refractivity contribution in [3.63, 3.8) is 0 Å². The highest BCUT2D eigenvalue weighted by molar-refractivity contribution is 5.00. The first-order valence-electron chi connectivity index (χ1n) is 7.35. The molecule has 0 N–H and O–H groups in total. The van der Waals surface area contributed by atoms with Crippen molar-refractivity contribution in [3.05, 3.63) is 18.0 Å². The van der Waals surface area contributed by atoms with Gasteiger partial charge in [0.2, 0.25) is 0 Å². The predicted octanol–water partition coefficient (Wildman–Crippen LogP) is 3.12. The number of hydrogen-bond donors (Lipinski definition) is 0. The summed E-state index contributed by atoms with van der Waals surface area (Å²) in [5.41, 5.74) is 1.12. The zero-order valence-electron chi connectivity index (χ0n) is 12.0. The topological polar surface area (TPSA) is 44.9 Å². The molecule has 1 saturated carbocycles. The van der Waals surface area contributed by atoms with Crippen molar-refractivity contribution in [2.24, 2.45) is 0 Å². The fraction of sp³-hybridized carbons (Fsp3) is 0.733. The van der Waals surface area contributed by atoms with Crippen LogP contribution >= 0.6 is 0 Å². The second-order valence-corrected chi connectivity index (χ2v) is 5.70. The van der Waals surface area contributed by atoms with E-state index >= 15 is 0 Å². The first-order valence-corrected chi connectivity index (χ1v) is 7.35. The Bertz CT molecular complexity index is 424. The van der Waals surface area contributed by atoms with Crippen LogP contribution < -0.4 is 0 Å². The highest BCUT2D eigenvalue weighted by Crippen LogP contribution is 2.28. The Hall–Kier alpha value is -1.34. The molecule has 104 valence electrons. The lowest BCUT2D eigenvalue weighted by Crippen LogP contribution is -2.31. The highest BCUT2D eigenvalue weighted by atomic mass is 15.3. The maximum absolute atomic E-state index is 8.71. The molecule has 1 aromatic rings. The van der Waals surface area contributed by atoms with Gasteiger partial charge >= 0.3 is 0 Å². The van der Waals surface area contributed by atoms with E-state index in [-0.39, 0.29) is 0 Å². The van der Waals surface area contributed by atoms with Crippen LogP contribution in [0.5, 0.6) is 0 Å². The first-order chi connectivity index (χ1) is 9.20. The molecule has 1 aromatic heterocycles. The summed E-state index contributed by atoms with van der Waals surface area (Å²) in [7, 11) is 0. The summed E-state index contributed by atoms with van der Waals surface area (Å²) in [5.74, 6) is 0. The lowest BCUT2D eigenvalue weighted by molar-refractivity contribution is 0.214. The standard InChI is InChI=1S/C15H24N4/c1-13(2)18(10-5-9-16)12-14-8-11-19(17-14)15-6-3-4-7-15/h8,11,13,15H,3-7,10,12H2,1-2H3. The fourth-order valence-corrected chi connectivity index (χ4v) is 2.76. The summed E-state index contributed by atoms with van der Waals surface area (Å²) in [6.07, 6.45) is 7.91. The second kappa shape index (κ2) is 6.72. The molecule has 4 nitrogen and oxygen atoms in total. The quantitative estimate of drug-likeness (QED) is 0.789. The van der Waals surface area contributed by atoms with E-state index in [4.69, 9.17) is 10.4 Å². The molecule has 0 bridgehead atoms. The third kappa shape index (κ3) is 3.81. The smallest absolute Gasteiger partial charge is 0.0765 e.